The van der Waals surface area contributed by atoms with E-state index in [1.54, 1.807) is 12.4 Å². The second-order valence-electron chi connectivity index (χ2n) is 7.49. The zero-order valence-electron chi connectivity index (χ0n) is 15.2. The van der Waals surface area contributed by atoms with Crippen LogP contribution in [0, 0.1) is 5.41 Å². The maximum Gasteiger partial charge on any atom is 0.273 e. The van der Waals surface area contributed by atoms with E-state index < -0.39 is 5.41 Å². The molecule has 1 aromatic heterocycles. The van der Waals surface area contributed by atoms with Crippen LogP contribution in [-0.4, -0.2) is 72.5 Å². The number of nitrogens with zero attached hydrogens (tertiary/aromatic N) is 3. The van der Waals surface area contributed by atoms with Gasteiger partial charge < -0.3 is 19.9 Å². The Hall–Kier alpha value is -1.67. The van der Waals surface area contributed by atoms with Gasteiger partial charge in [-0.15, -0.1) is 11.3 Å². The van der Waals surface area contributed by atoms with Crippen molar-refractivity contribution in [1.29, 1.82) is 0 Å². The van der Waals surface area contributed by atoms with Crippen LogP contribution in [-0.2, 0) is 9.53 Å². The maximum atomic E-state index is 13.3. The number of hydrogen-bond donors (Lipinski definition) is 1. The maximum absolute atomic E-state index is 13.3. The van der Waals surface area contributed by atoms with Crippen LogP contribution < -0.4 is 5.32 Å². The minimum Gasteiger partial charge on any atom is -0.381 e. The topological polar surface area (TPSA) is 74.8 Å². The van der Waals surface area contributed by atoms with Crippen molar-refractivity contribution in [3.05, 3.63) is 11.1 Å². The molecule has 0 aliphatic carbocycles. The quantitative estimate of drug-likeness (QED) is 0.868. The second-order valence-corrected chi connectivity index (χ2v) is 8.35. The average molecular weight is 378 g/mol. The van der Waals surface area contributed by atoms with Crippen LogP contribution in [0.15, 0.2) is 5.38 Å². The van der Waals surface area contributed by atoms with Crippen molar-refractivity contribution in [1.82, 2.24) is 14.8 Å². The Morgan fingerprint density at radius 1 is 1.35 bits per heavy atom. The Kier molecular flexibility index (Phi) is 4.88. The lowest BCUT2D eigenvalue weighted by molar-refractivity contribution is -0.150. The van der Waals surface area contributed by atoms with Gasteiger partial charge in [-0.25, -0.2) is 4.98 Å². The lowest BCUT2D eigenvalue weighted by Gasteiger charge is -2.44. The van der Waals surface area contributed by atoms with Crippen LogP contribution in [0.4, 0.5) is 5.13 Å². The van der Waals surface area contributed by atoms with Crippen molar-refractivity contribution in [2.24, 2.45) is 5.41 Å². The standard InChI is InChI=1S/C18H26N4O3S/c1-19-17-20-14(11-26-17)15(23)21-8-6-18(12-21)5-2-7-22(16(18)24)13-3-9-25-10-4-13/h11,13H,2-10,12H2,1H3,(H,19,20)/t18-/m1/s1. The molecule has 3 aliphatic heterocycles. The fraction of sp³-hybridized carbons (Fsp3) is 0.722. The highest BCUT2D eigenvalue weighted by molar-refractivity contribution is 7.13. The summed E-state index contributed by atoms with van der Waals surface area (Å²) in [6.07, 6.45) is 4.52. The fourth-order valence-corrected chi connectivity index (χ4v) is 5.16. The third-order valence-electron chi connectivity index (χ3n) is 5.98. The minimum absolute atomic E-state index is 0.0596. The fourth-order valence-electron chi connectivity index (χ4n) is 4.52. The van der Waals surface area contributed by atoms with Crippen molar-refractivity contribution in [2.75, 3.05) is 45.2 Å². The predicted octanol–water partition coefficient (Wildman–Crippen LogP) is 1.82. The highest BCUT2D eigenvalue weighted by atomic mass is 32.1. The first-order chi connectivity index (χ1) is 12.6. The van der Waals surface area contributed by atoms with E-state index >= 15 is 0 Å². The van der Waals surface area contributed by atoms with Crippen LogP contribution in [0.1, 0.15) is 42.6 Å². The molecule has 3 saturated heterocycles. The van der Waals surface area contributed by atoms with Gasteiger partial charge in [0.25, 0.3) is 5.91 Å². The van der Waals surface area contributed by atoms with E-state index in [4.69, 9.17) is 4.74 Å². The molecule has 0 saturated carbocycles. The van der Waals surface area contributed by atoms with Gasteiger partial charge in [0.05, 0.1) is 5.41 Å². The molecule has 0 unspecified atom stereocenters. The number of piperidine rings is 1. The van der Waals surface area contributed by atoms with Crippen molar-refractivity contribution in [3.8, 4) is 0 Å². The molecule has 3 fully saturated rings. The van der Waals surface area contributed by atoms with Gasteiger partial charge in [0.1, 0.15) is 5.69 Å². The molecule has 7 nitrogen and oxygen atoms in total. The van der Waals surface area contributed by atoms with Gasteiger partial charge >= 0.3 is 0 Å². The molecule has 8 heteroatoms. The molecule has 3 aliphatic rings. The zero-order valence-corrected chi connectivity index (χ0v) is 16.0. The first kappa shape index (κ1) is 17.7. The van der Waals surface area contributed by atoms with Gasteiger partial charge in [-0.05, 0) is 32.1 Å². The number of nitrogens with one attached hydrogen (secondary N) is 1. The minimum atomic E-state index is -0.395. The monoisotopic (exact) mass is 378 g/mol. The van der Waals surface area contributed by atoms with Crippen LogP contribution in [0.5, 0.6) is 0 Å². The highest BCUT2D eigenvalue weighted by Gasteiger charge is 2.50. The third-order valence-corrected chi connectivity index (χ3v) is 6.84. The van der Waals surface area contributed by atoms with Gasteiger partial charge in [-0.3, -0.25) is 9.59 Å². The molecule has 0 bridgehead atoms. The molecular weight excluding hydrogens is 352 g/mol. The number of hydrogen-bond acceptors (Lipinski definition) is 6. The summed E-state index contributed by atoms with van der Waals surface area (Å²) in [5.41, 5.74) is 0.0783. The van der Waals surface area contributed by atoms with Gasteiger partial charge in [0.15, 0.2) is 5.13 Å². The number of likely N-dealkylation sites (tertiary alicyclic amines) is 2. The molecule has 142 valence electrons. The van der Waals surface area contributed by atoms with Crippen molar-refractivity contribution in [3.63, 3.8) is 0 Å². The van der Waals surface area contributed by atoms with Crippen molar-refractivity contribution in [2.45, 2.75) is 38.1 Å². The van der Waals surface area contributed by atoms with Crippen molar-refractivity contribution < 1.29 is 14.3 Å². The molecule has 0 radical (unpaired) electrons. The van der Waals surface area contributed by atoms with Crippen molar-refractivity contribution >= 4 is 28.3 Å². The number of thiazole rings is 1. The van der Waals surface area contributed by atoms with E-state index in [0.29, 0.717) is 24.8 Å². The molecule has 26 heavy (non-hydrogen) atoms. The molecule has 0 aromatic carbocycles. The molecule has 1 N–H and O–H groups in total. The molecule has 1 aromatic rings. The highest BCUT2D eigenvalue weighted by Crippen LogP contribution is 2.41. The second kappa shape index (κ2) is 7.15. The van der Waals surface area contributed by atoms with Gasteiger partial charge in [-0.2, -0.15) is 0 Å². The molecule has 1 atom stereocenters. The number of rotatable bonds is 3. The number of carbonyl (C=O) groups is 2. The first-order valence-corrected chi connectivity index (χ1v) is 10.3. The Morgan fingerprint density at radius 2 is 2.15 bits per heavy atom. The van der Waals surface area contributed by atoms with E-state index in [1.165, 1.54) is 11.3 Å². The van der Waals surface area contributed by atoms with E-state index in [-0.39, 0.29) is 11.8 Å². The normalized spacial score (nSPS) is 27.3. The lowest BCUT2D eigenvalue weighted by Crippen LogP contribution is -2.55. The zero-order chi connectivity index (χ0) is 18.1. The Morgan fingerprint density at radius 3 is 2.88 bits per heavy atom. The number of aromatic nitrogens is 1. The number of amides is 2. The van der Waals surface area contributed by atoms with Gasteiger partial charge in [-0.1, -0.05) is 0 Å². The number of ether oxygens (including phenoxy) is 1. The summed E-state index contributed by atoms with van der Waals surface area (Å²) < 4.78 is 5.45. The predicted molar refractivity (Wildman–Crippen MR) is 99.4 cm³/mol. The van der Waals surface area contributed by atoms with Crippen LogP contribution in [0.3, 0.4) is 0 Å². The largest absolute Gasteiger partial charge is 0.381 e. The number of anilines is 1. The van der Waals surface area contributed by atoms with E-state index in [0.717, 1.165) is 57.0 Å². The number of carbonyl (C=O) groups excluding carboxylic acids is 2. The van der Waals surface area contributed by atoms with Gasteiger partial charge in [0, 0.05) is 51.3 Å². The SMILES string of the molecule is CNc1nc(C(=O)N2CC[C@]3(CCCN(C4CCOCC4)C3=O)C2)cs1. The summed E-state index contributed by atoms with van der Waals surface area (Å²) in [5.74, 6) is 0.191. The Labute approximate surface area is 157 Å². The smallest absolute Gasteiger partial charge is 0.273 e. The third kappa shape index (κ3) is 3.09. The molecule has 2 amide bonds. The first-order valence-electron chi connectivity index (χ1n) is 9.44. The van der Waals surface area contributed by atoms with E-state index in [1.807, 2.05) is 4.90 Å². The summed E-state index contributed by atoms with van der Waals surface area (Å²) in [6.45, 7) is 3.49. The van der Waals surface area contributed by atoms with E-state index in [9.17, 15) is 9.59 Å². The van der Waals surface area contributed by atoms with E-state index in [2.05, 4.69) is 15.2 Å². The summed E-state index contributed by atoms with van der Waals surface area (Å²) >= 11 is 1.43. The lowest BCUT2D eigenvalue weighted by atomic mass is 9.77. The Bertz CT molecular complexity index is 688. The summed E-state index contributed by atoms with van der Waals surface area (Å²) in [5, 5.41) is 5.49. The van der Waals surface area contributed by atoms with Crippen LogP contribution in [0.25, 0.3) is 0 Å². The summed E-state index contributed by atoms with van der Waals surface area (Å²) in [6, 6.07) is 0.301. The van der Waals surface area contributed by atoms with Crippen LogP contribution >= 0.6 is 11.3 Å². The molecule has 4 rings (SSSR count). The van der Waals surface area contributed by atoms with Gasteiger partial charge in [0.2, 0.25) is 5.91 Å². The Balaban J connectivity index is 1.47. The summed E-state index contributed by atoms with van der Waals surface area (Å²) in [4.78, 5) is 34.3. The molecule has 4 heterocycles. The molecular formula is C18H26N4O3S. The summed E-state index contributed by atoms with van der Waals surface area (Å²) in [7, 11) is 1.80. The van der Waals surface area contributed by atoms with Crippen LogP contribution in [0.2, 0.25) is 0 Å². The molecule has 1 spiro atoms. The average Bonchev–Trinajstić information content (AvgIpc) is 3.32.